The van der Waals surface area contributed by atoms with Crippen LogP contribution in [0.4, 0.5) is 5.13 Å². The summed E-state index contributed by atoms with van der Waals surface area (Å²) in [5.74, 6) is 1.87. The second kappa shape index (κ2) is 3.55. The molecule has 0 radical (unpaired) electrons. The van der Waals surface area contributed by atoms with Gasteiger partial charge < -0.3 is 10.3 Å². The highest BCUT2D eigenvalue weighted by Crippen LogP contribution is 2.36. The van der Waals surface area contributed by atoms with Gasteiger partial charge in [0.2, 0.25) is 0 Å². The van der Waals surface area contributed by atoms with E-state index in [1.54, 1.807) is 0 Å². The lowest BCUT2D eigenvalue weighted by molar-refractivity contribution is 0.366. The zero-order chi connectivity index (χ0) is 11.1. The zero-order valence-corrected chi connectivity index (χ0v) is 9.75. The van der Waals surface area contributed by atoms with E-state index in [4.69, 9.17) is 10.3 Å². The molecule has 0 atom stereocenters. The van der Waals surface area contributed by atoms with Gasteiger partial charge in [0.05, 0.1) is 5.69 Å². The first-order chi connectivity index (χ1) is 7.74. The Kier molecular flexibility index (Phi) is 2.17. The molecule has 6 heteroatoms. The van der Waals surface area contributed by atoms with Crippen molar-refractivity contribution >= 4 is 16.5 Å². The van der Waals surface area contributed by atoms with Crippen molar-refractivity contribution < 1.29 is 4.52 Å². The fourth-order valence-corrected chi connectivity index (χ4v) is 2.53. The Bertz CT molecular complexity index is 515. The maximum absolute atomic E-state index is 5.64. The Hall–Kier alpha value is -1.43. The fourth-order valence-electron chi connectivity index (χ4n) is 1.78. The van der Waals surface area contributed by atoms with Crippen LogP contribution in [0.15, 0.2) is 4.52 Å². The van der Waals surface area contributed by atoms with E-state index < -0.39 is 0 Å². The molecule has 1 fully saturated rings. The van der Waals surface area contributed by atoms with Crippen LogP contribution in [0.1, 0.15) is 36.7 Å². The molecule has 0 saturated heterocycles. The minimum Gasteiger partial charge on any atom is -0.375 e. The van der Waals surface area contributed by atoms with Crippen molar-refractivity contribution in [2.75, 3.05) is 5.73 Å². The molecular weight excluding hydrogens is 224 g/mol. The Balaban J connectivity index is 1.94. The molecule has 2 N–H and O–H groups in total. The summed E-state index contributed by atoms with van der Waals surface area (Å²) >= 11 is 1.39. The van der Waals surface area contributed by atoms with Crippen LogP contribution in [0.3, 0.4) is 0 Å². The average Bonchev–Trinajstić information content (AvgIpc) is 2.70. The van der Waals surface area contributed by atoms with Gasteiger partial charge in [0.25, 0.3) is 5.89 Å². The molecule has 5 nitrogen and oxygen atoms in total. The first kappa shape index (κ1) is 9.77. The normalized spacial score (nSPS) is 16.3. The second-order valence-corrected chi connectivity index (χ2v) is 5.08. The molecule has 0 spiro atoms. The monoisotopic (exact) mass is 236 g/mol. The SMILES string of the molecule is Cc1nc(N)sc1-c1nc(C2CCC2)no1. The molecular formula is C10H12N4OS. The molecule has 1 saturated carbocycles. The van der Waals surface area contributed by atoms with Crippen molar-refractivity contribution in [2.24, 2.45) is 0 Å². The van der Waals surface area contributed by atoms with Crippen LogP contribution in [0.5, 0.6) is 0 Å². The number of hydrogen-bond donors (Lipinski definition) is 1. The van der Waals surface area contributed by atoms with Crippen LogP contribution in [0, 0.1) is 6.92 Å². The summed E-state index contributed by atoms with van der Waals surface area (Å²) in [4.78, 5) is 9.44. The highest BCUT2D eigenvalue weighted by Gasteiger charge is 2.25. The number of aryl methyl sites for hydroxylation is 1. The highest BCUT2D eigenvalue weighted by atomic mass is 32.1. The van der Waals surface area contributed by atoms with E-state index in [1.165, 1.54) is 30.6 Å². The number of nitrogens with two attached hydrogens (primary N) is 1. The van der Waals surface area contributed by atoms with Gasteiger partial charge in [-0.2, -0.15) is 4.98 Å². The summed E-state index contributed by atoms with van der Waals surface area (Å²) in [5, 5.41) is 4.55. The zero-order valence-electron chi connectivity index (χ0n) is 8.93. The summed E-state index contributed by atoms with van der Waals surface area (Å²) in [6.07, 6.45) is 3.60. The summed E-state index contributed by atoms with van der Waals surface area (Å²) in [6.45, 7) is 1.90. The molecule has 2 heterocycles. The van der Waals surface area contributed by atoms with Gasteiger partial charge in [0.15, 0.2) is 11.0 Å². The van der Waals surface area contributed by atoms with E-state index in [-0.39, 0.29) is 0 Å². The van der Waals surface area contributed by atoms with Crippen molar-refractivity contribution in [3.8, 4) is 10.8 Å². The Morgan fingerprint density at radius 1 is 1.38 bits per heavy atom. The number of rotatable bonds is 2. The van der Waals surface area contributed by atoms with E-state index in [9.17, 15) is 0 Å². The number of nitrogens with zero attached hydrogens (tertiary/aromatic N) is 3. The molecule has 0 aliphatic heterocycles. The largest absolute Gasteiger partial charge is 0.375 e. The molecule has 2 aromatic rings. The molecule has 2 aromatic heterocycles. The average molecular weight is 236 g/mol. The van der Waals surface area contributed by atoms with Gasteiger partial charge in [-0.25, -0.2) is 4.98 Å². The van der Waals surface area contributed by atoms with E-state index in [0.717, 1.165) is 16.4 Å². The van der Waals surface area contributed by atoms with Crippen molar-refractivity contribution in [1.29, 1.82) is 0 Å². The molecule has 0 amide bonds. The summed E-state index contributed by atoms with van der Waals surface area (Å²) in [5.41, 5.74) is 6.49. The Morgan fingerprint density at radius 3 is 2.75 bits per heavy atom. The number of nitrogen functional groups attached to an aromatic ring is 1. The van der Waals surface area contributed by atoms with Crippen LogP contribution in [0.25, 0.3) is 10.8 Å². The third kappa shape index (κ3) is 1.49. The van der Waals surface area contributed by atoms with E-state index in [1.807, 2.05) is 6.92 Å². The lowest BCUT2D eigenvalue weighted by Gasteiger charge is -2.20. The highest BCUT2D eigenvalue weighted by molar-refractivity contribution is 7.18. The minimum atomic E-state index is 0.489. The van der Waals surface area contributed by atoms with Crippen LogP contribution in [0.2, 0.25) is 0 Å². The van der Waals surface area contributed by atoms with Crippen LogP contribution in [-0.2, 0) is 0 Å². The predicted octanol–water partition coefficient (Wildman–Crippen LogP) is 2.35. The van der Waals surface area contributed by atoms with Gasteiger partial charge in [0, 0.05) is 5.92 Å². The second-order valence-electron chi connectivity index (χ2n) is 4.05. The smallest absolute Gasteiger partial charge is 0.270 e. The maximum atomic E-state index is 5.64. The van der Waals surface area contributed by atoms with E-state index in [2.05, 4.69) is 15.1 Å². The Labute approximate surface area is 96.7 Å². The van der Waals surface area contributed by atoms with E-state index in [0.29, 0.717) is 16.9 Å². The number of thiazole rings is 1. The standard InChI is InChI=1S/C10H12N4OS/c1-5-7(16-10(11)12-5)9-13-8(14-15-9)6-3-2-4-6/h6H,2-4H2,1H3,(H2,11,12). The molecule has 84 valence electrons. The van der Waals surface area contributed by atoms with Crippen molar-refractivity contribution in [3.05, 3.63) is 11.5 Å². The topological polar surface area (TPSA) is 77.8 Å². The molecule has 3 rings (SSSR count). The quantitative estimate of drug-likeness (QED) is 0.865. The van der Waals surface area contributed by atoms with Crippen molar-refractivity contribution in [1.82, 2.24) is 15.1 Å². The summed E-state index contributed by atoms with van der Waals surface area (Å²) in [7, 11) is 0. The van der Waals surface area contributed by atoms with Gasteiger partial charge in [-0.1, -0.05) is 22.9 Å². The minimum absolute atomic E-state index is 0.489. The molecule has 0 bridgehead atoms. The molecule has 1 aliphatic rings. The van der Waals surface area contributed by atoms with Crippen molar-refractivity contribution in [2.45, 2.75) is 32.1 Å². The summed E-state index contributed by atoms with van der Waals surface area (Å²) in [6, 6.07) is 0. The first-order valence-electron chi connectivity index (χ1n) is 5.31. The molecule has 1 aliphatic carbocycles. The van der Waals surface area contributed by atoms with Gasteiger partial charge in [-0.3, -0.25) is 0 Å². The number of aromatic nitrogens is 3. The molecule has 0 aromatic carbocycles. The van der Waals surface area contributed by atoms with Crippen molar-refractivity contribution in [3.63, 3.8) is 0 Å². The Morgan fingerprint density at radius 2 is 2.19 bits per heavy atom. The lowest BCUT2D eigenvalue weighted by atomic mass is 9.85. The third-order valence-corrected chi connectivity index (χ3v) is 3.89. The van der Waals surface area contributed by atoms with E-state index >= 15 is 0 Å². The van der Waals surface area contributed by atoms with Gasteiger partial charge in [0.1, 0.15) is 4.88 Å². The molecule has 16 heavy (non-hydrogen) atoms. The molecule has 0 unspecified atom stereocenters. The van der Waals surface area contributed by atoms with Gasteiger partial charge in [-0.05, 0) is 19.8 Å². The van der Waals surface area contributed by atoms with Crippen LogP contribution in [-0.4, -0.2) is 15.1 Å². The first-order valence-corrected chi connectivity index (χ1v) is 6.12. The number of hydrogen-bond acceptors (Lipinski definition) is 6. The lowest BCUT2D eigenvalue weighted by Crippen LogP contribution is -2.10. The fraction of sp³-hybridized carbons (Fsp3) is 0.500. The number of anilines is 1. The third-order valence-electron chi connectivity index (χ3n) is 2.92. The van der Waals surface area contributed by atoms with Gasteiger partial charge in [-0.15, -0.1) is 0 Å². The maximum Gasteiger partial charge on any atom is 0.270 e. The summed E-state index contributed by atoms with van der Waals surface area (Å²) < 4.78 is 5.26. The predicted molar refractivity (Wildman–Crippen MR) is 61.1 cm³/mol. The van der Waals surface area contributed by atoms with Crippen LogP contribution >= 0.6 is 11.3 Å². The van der Waals surface area contributed by atoms with Crippen LogP contribution < -0.4 is 5.73 Å². The van der Waals surface area contributed by atoms with Gasteiger partial charge >= 0.3 is 0 Å².